The van der Waals surface area contributed by atoms with Crippen LogP contribution in [0.25, 0.3) is 0 Å². The van der Waals surface area contributed by atoms with Gasteiger partial charge in [-0.3, -0.25) is 0 Å². The van der Waals surface area contributed by atoms with Crippen LogP contribution >= 0.6 is 0 Å². The molecule has 0 saturated heterocycles. The minimum absolute atomic E-state index is 0.0809. The van der Waals surface area contributed by atoms with Crippen LogP contribution in [0.3, 0.4) is 0 Å². The van der Waals surface area contributed by atoms with Crippen LogP contribution in [0.15, 0.2) is 84.9 Å². The highest BCUT2D eigenvalue weighted by Gasteiger charge is 2.52. The molecule has 0 fully saturated rings. The normalized spacial score (nSPS) is 11.1. The van der Waals surface area contributed by atoms with Gasteiger partial charge in [-0.2, -0.15) is 0 Å². The van der Waals surface area contributed by atoms with Gasteiger partial charge >= 0.3 is 20.3 Å². The van der Waals surface area contributed by atoms with Crippen molar-refractivity contribution in [3.8, 4) is 23.0 Å². The molecular formula is C34H38O8Si. The van der Waals surface area contributed by atoms with Crippen molar-refractivity contribution >= 4 is 30.6 Å². The van der Waals surface area contributed by atoms with Crippen molar-refractivity contribution in [3.63, 3.8) is 0 Å². The number of phenols is 3. The summed E-state index contributed by atoms with van der Waals surface area (Å²) in [4.78, 5) is 23.1. The Bertz CT molecular complexity index is 1490. The van der Waals surface area contributed by atoms with Crippen LogP contribution in [-0.4, -0.2) is 49.8 Å². The van der Waals surface area contributed by atoms with E-state index in [2.05, 4.69) is 49.8 Å². The Kier molecular flexibility index (Phi) is 10.3. The number of hydrogen-bond donors (Lipinski definition) is 3. The molecule has 4 rings (SSSR count). The monoisotopic (exact) mass is 602 g/mol. The second-order valence-corrected chi connectivity index (χ2v) is 15.3. The van der Waals surface area contributed by atoms with Gasteiger partial charge in [0.25, 0.3) is 0 Å². The smallest absolute Gasteiger partial charge is 0.341 e. The lowest BCUT2D eigenvalue weighted by molar-refractivity contribution is 0.0587. The second kappa shape index (κ2) is 13.5. The van der Waals surface area contributed by atoms with E-state index in [1.54, 1.807) is 19.9 Å². The molecule has 0 saturated carbocycles. The van der Waals surface area contributed by atoms with Crippen molar-refractivity contribution < 1.29 is 38.8 Å². The van der Waals surface area contributed by atoms with E-state index in [0.717, 1.165) is 16.4 Å². The van der Waals surface area contributed by atoms with Crippen LogP contribution < -0.4 is 14.8 Å². The molecule has 43 heavy (non-hydrogen) atoms. The minimum Gasteiger partial charge on any atom is -0.534 e. The summed E-state index contributed by atoms with van der Waals surface area (Å²) in [6.07, 6.45) is 0. The average Bonchev–Trinajstić information content (AvgIpc) is 2.95. The van der Waals surface area contributed by atoms with Crippen LogP contribution in [0.2, 0.25) is 5.04 Å². The van der Waals surface area contributed by atoms with E-state index < -0.39 is 20.3 Å². The van der Waals surface area contributed by atoms with E-state index in [1.807, 2.05) is 36.4 Å². The number of aryl methyl sites for hydroxylation is 2. The first-order valence-electron chi connectivity index (χ1n) is 13.6. The lowest BCUT2D eigenvalue weighted by Crippen LogP contribution is -2.68. The molecule has 0 spiro atoms. The number of ether oxygens (including phenoxy) is 2. The summed E-state index contributed by atoms with van der Waals surface area (Å²) in [5.41, 5.74) is 1.33. The first-order valence-corrected chi connectivity index (χ1v) is 15.5. The average molecular weight is 603 g/mol. The Morgan fingerprint density at radius 2 is 1.07 bits per heavy atom. The number of rotatable bonds is 6. The Morgan fingerprint density at radius 3 is 1.44 bits per heavy atom. The highest BCUT2D eigenvalue weighted by atomic mass is 28.4. The molecule has 0 radical (unpaired) electrons. The van der Waals surface area contributed by atoms with E-state index in [1.165, 1.54) is 26.4 Å². The van der Waals surface area contributed by atoms with Gasteiger partial charge in [0.2, 0.25) is 0 Å². The Balaban J connectivity index is 0.000000326. The topological polar surface area (TPSA) is 123 Å². The zero-order chi connectivity index (χ0) is 31.9. The number of phenolic OH excluding ortho intramolecular Hbond substituents is 3. The number of esters is 2. The number of aromatic hydroxyl groups is 3. The van der Waals surface area contributed by atoms with Gasteiger partial charge in [-0.05, 0) is 52.5 Å². The molecule has 0 amide bonds. The molecule has 0 aliphatic heterocycles. The first kappa shape index (κ1) is 32.7. The number of benzene rings is 4. The maximum Gasteiger partial charge on any atom is 0.341 e. The van der Waals surface area contributed by atoms with Crippen LogP contribution in [0.5, 0.6) is 23.0 Å². The van der Waals surface area contributed by atoms with Gasteiger partial charge in [0, 0.05) is 12.1 Å². The van der Waals surface area contributed by atoms with E-state index in [-0.39, 0.29) is 33.4 Å². The summed E-state index contributed by atoms with van der Waals surface area (Å²) in [7, 11) is -0.286. The fourth-order valence-corrected chi connectivity index (χ4v) is 9.51. The second-order valence-electron chi connectivity index (χ2n) is 11.0. The van der Waals surface area contributed by atoms with Crippen molar-refractivity contribution in [1.29, 1.82) is 0 Å². The van der Waals surface area contributed by atoms with Gasteiger partial charge in [0.1, 0.15) is 34.1 Å². The number of carbonyl (C=O) groups is 2. The summed E-state index contributed by atoms with van der Waals surface area (Å²) in [6.45, 7) is 9.94. The largest absolute Gasteiger partial charge is 0.534 e. The van der Waals surface area contributed by atoms with Gasteiger partial charge < -0.3 is 29.2 Å². The molecule has 4 aromatic carbocycles. The molecule has 0 bridgehead atoms. The third kappa shape index (κ3) is 7.01. The van der Waals surface area contributed by atoms with Crippen molar-refractivity contribution in [3.05, 3.63) is 107 Å². The van der Waals surface area contributed by atoms with E-state index in [0.29, 0.717) is 16.9 Å². The molecule has 8 nitrogen and oxygen atoms in total. The fourth-order valence-electron chi connectivity index (χ4n) is 5.11. The zero-order valence-electron chi connectivity index (χ0n) is 25.5. The van der Waals surface area contributed by atoms with E-state index >= 15 is 0 Å². The van der Waals surface area contributed by atoms with Crippen molar-refractivity contribution in [1.82, 2.24) is 0 Å². The van der Waals surface area contributed by atoms with E-state index in [4.69, 9.17) is 14.3 Å². The highest BCUT2D eigenvalue weighted by Crippen LogP contribution is 2.39. The standard InChI is InChI=1S/C25H28O4Si.C9H10O4/c1-18-16-19(17-22(26)23(18)24(27)28-5)29-30(25(2,3)4,20-12-8-6-9-13-20)21-14-10-7-11-15-21;1-5-3-6(10)4-7(11)8(5)9(12)13-2/h6-17,26H,1-5H3;3-4,10-11H,1-2H3. The maximum absolute atomic E-state index is 12.0. The van der Waals surface area contributed by atoms with Crippen molar-refractivity contribution in [2.75, 3.05) is 14.2 Å². The van der Waals surface area contributed by atoms with Gasteiger partial charge in [-0.1, -0.05) is 81.4 Å². The van der Waals surface area contributed by atoms with Gasteiger partial charge in [-0.25, -0.2) is 9.59 Å². The highest BCUT2D eigenvalue weighted by molar-refractivity contribution is 7.00. The Hall–Kier alpha value is -4.76. The first-order chi connectivity index (χ1) is 20.3. The molecule has 4 aromatic rings. The molecular weight excluding hydrogens is 564 g/mol. The molecule has 0 aromatic heterocycles. The minimum atomic E-state index is -2.82. The summed E-state index contributed by atoms with van der Waals surface area (Å²) in [5, 5.41) is 31.0. The van der Waals surface area contributed by atoms with Crippen molar-refractivity contribution in [2.45, 2.75) is 39.7 Å². The molecule has 0 atom stereocenters. The Labute approximate surface area is 253 Å². The summed E-state index contributed by atoms with van der Waals surface area (Å²) in [6, 6.07) is 26.3. The predicted molar refractivity (Wildman–Crippen MR) is 168 cm³/mol. The number of carbonyl (C=O) groups excluding carboxylic acids is 2. The zero-order valence-corrected chi connectivity index (χ0v) is 26.5. The summed E-state index contributed by atoms with van der Waals surface area (Å²) >= 11 is 0. The molecule has 0 heterocycles. The van der Waals surface area contributed by atoms with Crippen LogP contribution in [0, 0.1) is 13.8 Å². The van der Waals surface area contributed by atoms with E-state index in [9.17, 15) is 19.8 Å². The molecule has 0 aliphatic carbocycles. The quantitative estimate of drug-likeness (QED) is 0.192. The predicted octanol–water partition coefficient (Wildman–Crippen LogP) is 5.62. The molecule has 226 valence electrons. The van der Waals surface area contributed by atoms with Gasteiger partial charge in [0.15, 0.2) is 0 Å². The molecule has 9 heteroatoms. The van der Waals surface area contributed by atoms with Crippen LogP contribution in [0.1, 0.15) is 52.6 Å². The van der Waals surface area contributed by atoms with Gasteiger partial charge in [0.05, 0.1) is 14.2 Å². The summed E-state index contributed by atoms with van der Waals surface area (Å²) in [5.74, 6) is -1.15. The van der Waals surface area contributed by atoms with Gasteiger partial charge in [-0.15, -0.1) is 0 Å². The third-order valence-corrected chi connectivity index (χ3v) is 12.0. The number of methoxy groups -OCH3 is 2. The number of hydrogen-bond acceptors (Lipinski definition) is 8. The SMILES string of the molecule is COC(=O)c1c(C)cc(O)cc1O.COC(=O)c1c(C)cc(O[Si](c2ccccc2)(c2ccccc2)C(C)(C)C)cc1O. The van der Waals surface area contributed by atoms with Crippen LogP contribution in [0.4, 0.5) is 0 Å². The lowest BCUT2D eigenvalue weighted by Gasteiger charge is -2.43. The van der Waals surface area contributed by atoms with Crippen LogP contribution in [-0.2, 0) is 9.47 Å². The molecule has 0 aliphatic rings. The molecule has 3 N–H and O–H groups in total. The maximum atomic E-state index is 12.0. The summed E-state index contributed by atoms with van der Waals surface area (Å²) < 4.78 is 16.2. The third-order valence-electron chi connectivity index (χ3n) is 7.05. The van der Waals surface area contributed by atoms with Crippen molar-refractivity contribution in [2.24, 2.45) is 0 Å². The lowest BCUT2D eigenvalue weighted by atomic mass is 10.1. The Morgan fingerprint density at radius 1 is 0.651 bits per heavy atom. The molecule has 0 unspecified atom stereocenters. The fraction of sp³-hybridized carbons (Fsp3) is 0.235.